The maximum atomic E-state index is 12.5. The fourth-order valence-electron chi connectivity index (χ4n) is 8.96. The lowest BCUT2D eigenvalue weighted by molar-refractivity contribution is -0.385. The predicted molar refractivity (Wildman–Crippen MR) is 280 cm³/mol. The molecule has 77 heavy (non-hydrogen) atoms. The summed E-state index contributed by atoms with van der Waals surface area (Å²) >= 11 is 2.02. The van der Waals surface area contributed by atoms with Crippen LogP contribution in [0.1, 0.15) is 59.9 Å². The minimum atomic E-state index is -4.99. The average Bonchev–Trinajstić information content (AvgIpc) is 3.42. The molecule has 0 radical (unpaired) electrons. The van der Waals surface area contributed by atoms with E-state index in [9.17, 15) is 74.1 Å². The van der Waals surface area contributed by atoms with E-state index in [1.807, 2.05) is 34.7 Å². The number of halogens is 10. The van der Waals surface area contributed by atoms with Crippen LogP contribution in [0.3, 0.4) is 0 Å². The third-order valence-corrected chi connectivity index (χ3v) is 13.3. The normalized spacial score (nSPS) is 15.2. The van der Waals surface area contributed by atoms with Gasteiger partial charge in [-0.15, -0.1) is 0 Å². The van der Waals surface area contributed by atoms with Crippen LogP contribution in [0.4, 0.5) is 85.0 Å². The number of hydrogen-bond donors (Lipinski definition) is 4. The molecule has 0 aliphatic carbocycles. The van der Waals surface area contributed by atoms with Crippen molar-refractivity contribution in [2.24, 2.45) is 5.84 Å². The number of nitrogens with one attached hydrogen (secondary N) is 3. The van der Waals surface area contributed by atoms with Crippen molar-refractivity contribution < 1.29 is 63.7 Å². The molecule has 5 aromatic rings. The van der Waals surface area contributed by atoms with Crippen molar-refractivity contribution in [2.75, 3.05) is 63.5 Å². The van der Waals surface area contributed by atoms with Crippen LogP contribution in [0.25, 0.3) is 0 Å². The Kier molecular flexibility index (Phi) is 19.7. The number of hydrazine groups is 1. The van der Waals surface area contributed by atoms with Crippen LogP contribution < -0.4 is 36.6 Å². The number of non-ortho nitro benzene ring substituents is 2. The molecule has 10 rings (SSSR count). The van der Waals surface area contributed by atoms with Gasteiger partial charge < -0.3 is 30.8 Å². The average molecular weight is 1200 g/mol. The van der Waals surface area contributed by atoms with E-state index < -0.39 is 41.2 Å². The van der Waals surface area contributed by atoms with Gasteiger partial charge in [-0.1, -0.05) is 42.5 Å². The number of nitro benzene ring substituents is 2. The molecule has 0 saturated heterocycles. The Morgan fingerprint density at radius 3 is 1.36 bits per heavy atom. The number of alkyl halides is 9. The zero-order valence-corrected chi connectivity index (χ0v) is 43.0. The highest BCUT2D eigenvalue weighted by atomic mass is 127. The molecule has 0 saturated carbocycles. The van der Waals surface area contributed by atoms with E-state index in [-0.39, 0.29) is 47.3 Å². The summed E-state index contributed by atoms with van der Waals surface area (Å²) in [6, 6.07) is 27.2. The van der Waals surface area contributed by atoms with Crippen molar-refractivity contribution in [3.8, 4) is 0 Å². The number of aryl methyl sites for hydroxylation is 5. The number of fused-ring (bicyclic) bond motifs is 5. The van der Waals surface area contributed by atoms with E-state index in [0.717, 1.165) is 62.2 Å². The van der Waals surface area contributed by atoms with Gasteiger partial charge in [0.2, 0.25) is 0 Å². The van der Waals surface area contributed by atoms with E-state index in [2.05, 4.69) is 40.3 Å². The Morgan fingerprint density at radius 2 is 0.896 bits per heavy atom. The van der Waals surface area contributed by atoms with E-state index in [4.69, 9.17) is 5.84 Å². The number of rotatable bonds is 3. The van der Waals surface area contributed by atoms with Gasteiger partial charge in [0.25, 0.3) is 11.4 Å². The van der Waals surface area contributed by atoms with Gasteiger partial charge in [-0.3, -0.25) is 40.5 Å². The third-order valence-electron chi connectivity index (χ3n) is 12.6. The van der Waals surface area contributed by atoms with Crippen molar-refractivity contribution >= 4 is 85.8 Å². The first kappa shape index (κ1) is 59.0. The lowest BCUT2D eigenvalue weighted by Gasteiger charge is -2.30. The number of nitro groups is 2. The number of benzene rings is 5. The molecule has 5 N–H and O–H groups in total. The molecule has 5 aromatic carbocycles. The molecule has 26 heteroatoms. The fraction of sp³-hybridized carbons (Fsp3) is 0.353. The number of nitrogens with zero attached hydrogens (tertiary/aromatic N) is 5. The van der Waals surface area contributed by atoms with Crippen LogP contribution >= 0.6 is 22.6 Å². The van der Waals surface area contributed by atoms with Crippen LogP contribution in [0, 0.1) is 23.8 Å². The number of hydrogen-bond acceptors (Lipinski definition) is 11. The SMILES string of the molecule is NNc1ccc2c(c1)N(C(=O)C(F)(F)F)CCC2.O=C(N1CCCc2ccc(I)cc21)C(F)(F)F.O=C(N1CCCc2ccc([N+](=O)[O-])cc21)C(F)(F)F.O=[N+]([O-])c1ccc2c(c1)NCCC2.c1ccc2c(c1)CCCN2. The van der Waals surface area contributed by atoms with Gasteiger partial charge in [0.05, 0.1) is 21.2 Å². The molecule has 0 unspecified atom stereocenters. The summed E-state index contributed by atoms with van der Waals surface area (Å²) in [5, 5.41) is 27.6. The maximum Gasteiger partial charge on any atom is 0.471 e. The van der Waals surface area contributed by atoms with E-state index in [1.54, 1.807) is 36.4 Å². The number of nitrogen functional groups attached to an aromatic ring is 1. The van der Waals surface area contributed by atoms with E-state index in [0.29, 0.717) is 60.4 Å². The van der Waals surface area contributed by atoms with Crippen molar-refractivity contribution in [2.45, 2.75) is 82.7 Å². The highest BCUT2D eigenvalue weighted by Gasteiger charge is 2.46. The Balaban J connectivity index is 0.000000158. The largest absolute Gasteiger partial charge is 0.471 e. The first-order valence-electron chi connectivity index (χ1n) is 24.0. The smallest absolute Gasteiger partial charge is 0.385 e. The molecule has 0 aromatic heterocycles. The number of nitrogens with two attached hydrogens (primary N) is 1. The number of carbonyl (C=O) groups excluding carboxylic acids is 3. The molecule has 412 valence electrons. The maximum absolute atomic E-state index is 12.5. The van der Waals surface area contributed by atoms with Crippen LogP contribution in [-0.2, 0) is 46.5 Å². The van der Waals surface area contributed by atoms with Crippen LogP contribution in [0.5, 0.6) is 0 Å². The highest BCUT2D eigenvalue weighted by molar-refractivity contribution is 14.1. The minimum Gasteiger partial charge on any atom is -0.385 e. The fourth-order valence-corrected chi connectivity index (χ4v) is 9.43. The molecule has 0 fully saturated rings. The number of amides is 3. The molecule has 5 heterocycles. The predicted octanol–water partition coefficient (Wildman–Crippen LogP) is 11.4. The van der Waals surface area contributed by atoms with Crippen molar-refractivity contribution in [3.05, 3.63) is 149 Å². The van der Waals surface area contributed by atoms with Gasteiger partial charge in [0.15, 0.2) is 0 Å². The second-order valence-electron chi connectivity index (χ2n) is 17.8. The monoisotopic (exact) mass is 1200 g/mol. The van der Waals surface area contributed by atoms with Gasteiger partial charge in [0.1, 0.15) is 0 Å². The van der Waals surface area contributed by atoms with Crippen LogP contribution in [0.15, 0.2) is 97.1 Å². The Hall–Kier alpha value is -7.23. The van der Waals surface area contributed by atoms with Crippen LogP contribution in [0.2, 0.25) is 0 Å². The Morgan fingerprint density at radius 1 is 0.506 bits per heavy atom. The zero-order valence-electron chi connectivity index (χ0n) is 40.8. The standard InChI is InChI=1S/C11H9F3INO.C11H12F3N3O.C11H9F3N2O3.C9H10N2O2.C9H11N/c12-11(13,14)10(17)16-5-1-2-7-3-4-8(15)6-9(7)16;12-11(13,14)10(18)17-5-1-2-7-3-4-8(16-15)6-9(7)17;12-11(13,14)10(17)15-5-1-2-7-3-4-8(16(18)19)6-9(7)15;12-11(13)8-4-3-7-2-1-5-10-9(7)6-8;1-2-6-9-8(4-1)5-3-7-10-9/h3-4,6H,1-2,5H2;3-4,6,16H,1-2,5,15H2;3-4,6H,1-2,5H2;3-4,6,10H,1-2,5H2;1-2,4,6,10H,3,5,7H2. The molecule has 0 bridgehead atoms. The molecule has 5 aliphatic rings. The van der Waals surface area contributed by atoms with Crippen molar-refractivity contribution in [3.63, 3.8) is 0 Å². The highest BCUT2D eigenvalue weighted by Crippen LogP contribution is 2.36. The quantitative estimate of drug-likeness (QED) is 0.0439. The first-order valence-corrected chi connectivity index (χ1v) is 25.1. The van der Waals surface area contributed by atoms with Gasteiger partial charge in [-0.25, -0.2) is 0 Å². The van der Waals surface area contributed by atoms with Crippen molar-refractivity contribution in [1.82, 2.24) is 0 Å². The number of para-hydroxylation sites is 1. The molecule has 3 amide bonds. The molecule has 16 nitrogen and oxygen atoms in total. The third kappa shape index (κ3) is 15.7. The minimum absolute atomic E-state index is 0.0252. The van der Waals surface area contributed by atoms with Gasteiger partial charge in [-0.2, -0.15) is 39.5 Å². The summed E-state index contributed by atoms with van der Waals surface area (Å²) in [7, 11) is 0. The topological polar surface area (TPSA) is 209 Å². The van der Waals surface area contributed by atoms with Crippen LogP contribution in [-0.4, -0.2) is 78.8 Å². The second-order valence-corrected chi connectivity index (χ2v) is 19.1. The van der Waals surface area contributed by atoms with Crippen molar-refractivity contribution in [1.29, 1.82) is 0 Å². The Bertz CT molecular complexity index is 2940. The van der Waals surface area contributed by atoms with Gasteiger partial charge >= 0.3 is 36.3 Å². The zero-order chi connectivity index (χ0) is 56.2. The lowest BCUT2D eigenvalue weighted by Crippen LogP contribution is -2.43. The molecular weight excluding hydrogens is 1150 g/mol. The van der Waals surface area contributed by atoms with E-state index >= 15 is 0 Å². The van der Waals surface area contributed by atoms with E-state index in [1.165, 1.54) is 47.9 Å². The number of carbonyl (C=O) groups is 3. The lowest BCUT2D eigenvalue weighted by atomic mass is 10.0. The molecule has 0 spiro atoms. The molecule has 5 aliphatic heterocycles. The summed E-state index contributed by atoms with van der Waals surface area (Å²) in [6.07, 6.45) is -6.68. The first-order chi connectivity index (χ1) is 36.4. The molecular formula is C51H51F9IN9O7. The summed E-state index contributed by atoms with van der Waals surface area (Å²) in [5.74, 6) is -0.390. The Labute approximate surface area is 448 Å². The summed E-state index contributed by atoms with van der Waals surface area (Å²) in [4.78, 5) is 56.1. The van der Waals surface area contributed by atoms with Gasteiger partial charge in [0, 0.05) is 83.3 Å². The number of anilines is 6. The second kappa shape index (κ2) is 25.7. The summed E-state index contributed by atoms with van der Waals surface area (Å²) in [6.45, 7) is 2.16. The molecule has 0 atom stereocenters. The summed E-state index contributed by atoms with van der Waals surface area (Å²) < 4.78 is 113. The van der Waals surface area contributed by atoms with Gasteiger partial charge in [-0.05, 0) is 145 Å². The summed E-state index contributed by atoms with van der Waals surface area (Å²) in [5.41, 5.74) is 10.2.